The van der Waals surface area contributed by atoms with Crippen LogP contribution in [-0.2, 0) is 4.79 Å². The molecule has 1 aromatic rings. The number of piperidine rings is 1. The molecule has 1 atom stereocenters. The van der Waals surface area contributed by atoms with Gasteiger partial charge in [0.05, 0.1) is 10.0 Å². The van der Waals surface area contributed by atoms with Crippen LogP contribution in [0.2, 0.25) is 10.0 Å². The molecule has 5 heteroatoms. The maximum Gasteiger partial charge on any atom is 0.219 e. The third kappa shape index (κ3) is 6.14. The lowest BCUT2D eigenvalue weighted by molar-refractivity contribution is -0.132. The van der Waals surface area contributed by atoms with Crippen molar-refractivity contribution < 1.29 is 4.79 Å². The Morgan fingerprint density at radius 2 is 1.96 bits per heavy atom. The lowest BCUT2D eigenvalue weighted by Gasteiger charge is -2.38. The minimum absolute atomic E-state index is 0.227. The van der Waals surface area contributed by atoms with Crippen LogP contribution in [0.3, 0.4) is 0 Å². The fourth-order valence-corrected chi connectivity index (χ4v) is 4.05. The second kappa shape index (κ2) is 10.5. The Balaban J connectivity index is 1.79. The molecule has 0 aromatic heterocycles. The lowest BCUT2D eigenvalue weighted by Crippen LogP contribution is -2.47. The second-order valence-corrected chi connectivity index (χ2v) is 8.32. The zero-order valence-electron chi connectivity index (χ0n) is 16.3. The summed E-state index contributed by atoms with van der Waals surface area (Å²) in [6.07, 6.45) is 5.51. The molecule has 0 N–H and O–H groups in total. The van der Waals surface area contributed by atoms with Gasteiger partial charge in [0.15, 0.2) is 0 Å². The number of carbonyl (C=O) groups excluding carboxylic acids is 1. The van der Waals surface area contributed by atoms with Crippen LogP contribution >= 0.6 is 23.2 Å². The Morgan fingerprint density at radius 1 is 1.27 bits per heavy atom. The van der Waals surface area contributed by atoms with Crippen molar-refractivity contribution in [2.24, 2.45) is 0 Å². The van der Waals surface area contributed by atoms with Crippen LogP contribution in [0.25, 0.3) is 0 Å². The molecule has 1 amide bonds. The van der Waals surface area contributed by atoms with Gasteiger partial charge in [0.2, 0.25) is 5.91 Å². The quantitative estimate of drug-likeness (QED) is 0.568. The third-order valence-electron chi connectivity index (χ3n) is 5.55. The van der Waals surface area contributed by atoms with Crippen LogP contribution in [0.4, 0.5) is 0 Å². The summed E-state index contributed by atoms with van der Waals surface area (Å²) in [5, 5.41) is 1.25. The highest BCUT2D eigenvalue weighted by Crippen LogP contribution is 2.28. The third-order valence-corrected chi connectivity index (χ3v) is 6.28. The van der Waals surface area contributed by atoms with E-state index in [1.165, 1.54) is 5.56 Å². The van der Waals surface area contributed by atoms with Crippen molar-refractivity contribution in [3.05, 3.63) is 33.8 Å². The first kappa shape index (κ1) is 21.5. The normalized spacial score (nSPS) is 17.3. The lowest BCUT2D eigenvalue weighted by atomic mass is 9.96. The molecule has 1 heterocycles. The van der Waals surface area contributed by atoms with Gasteiger partial charge >= 0.3 is 0 Å². The summed E-state index contributed by atoms with van der Waals surface area (Å²) in [5.41, 5.74) is 1.25. The molecule has 2 rings (SSSR count). The molecule has 0 saturated carbocycles. The molecule has 1 aromatic carbocycles. The minimum Gasteiger partial charge on any atom is -0.340 e. The highest BCUT2D eigenvalue weighted by molar-refractivity contribution is 6.42. The Hall–Kier alpha value is -0.770. The van der Waals surface area contributed by atoms with Crippen molar-refractivity contribution in [2.45, 2.75) is 64.8 Å². The van der Waals surface area contributed by atoms with Gasteiger partial charge < -0.3 is 9.80 Å². The first-order valence-electron chi connectivity index (χ1n) is 9.86. The van der Waals surface area contributed by atoms with Crippen LogP contribution in [0.1, 0.15) is 64.4 Å². The summed E-state index contributed by atoms with van der Waals surface area (Å²) in [7, 11) is 0. The smallest absolute Gasteiger partial charge is 0.219 e. The molecule has 0 spiro atoms. The fourth-order valence-electron chi connectivity index (χ4n) is 3.74. The largest absolute Gasteiger partial charge is 0.340 e. The van der Waals surface area contributed by atoms with Gasteiger partial charge in [0.1, 0.15) is 0 Å². The van der Waals surface area contributed by atoms with E-state index in [2.05, 4.69) is 29.7 Å². The van der Waals surface area contributed by atoms with Gasteiger partial charge in [-0.1, -0.05) is 49.5 Å². The summed E-state index contributed by atoms with van der Waals surface area (Å²) in [4.78, 5) is 16.6. The molecule has 0 aliphatic carbocycles. The monoisotopic (exact) mass is 398 g/mol. The van der Waals surface area contributed by atoms with Crippen LogP contribution < -0.4 is 0 Å². The number of likely N-dealkylation sites (tertiary alicyclic amines) is 1. The van der Waals surface area contributed by atoms with E-state index in [1.54, 1.807) is 6.92 Å². The van der Waals surface area contributed by atoms with E-state index in [4.69, 9.17) is 23.2 Å². The molecule has 146 valence electrons. The van der Waals surface area contributed by atoms with Gasteiger partial charge in [-0.3, -0.25) is 4.79 Å². The maximum atomic E-state index is 11.9. The predicted octanol–water partition coefficient (Wildman–Crippen LogP) is 5.60. The van der Waals surface area contributed by atoms with E-state index >= 15 is 0 Å². The number of unbranched alkanes of at least 4 members (excludes halogenated alkanes) is 1. The van der Waals surface area contributed by atoms with Crippen LogP contribution in [-0.4, -0.2) is 47.9 Å². The van der Waals surface area contributed by atoms with E-state index < -0.39 is 0 Å². The zero-order valence-corrected chi connectivity index (χ0v) is 17.8. The highest BCUT2D eigenvalue weighted by atomic mass is 35.5. The van der Waals surface area contributed by atoms with E-state index in [1.807, 2.05) is 12.1 Å². The van der Waals surface area contributed by atoms with Crippen molar-refractivity contribution in [3.63, 3.8) is 0 Å². The van der Waals surface area contributed by atoms with Gasteiger partial charge in [0, 0.05) is 32.6 Å². The molecule has 0 bridgehead atoms. The Bertz CT molecular complexity index is 585. The highest BCUT2D eigenvalue weighted by Gasteiger charge is 2.25. The molecule has 1 saturated heterocycles. The number of nitrogens with zero attached hydrogens (tertiary/aromatic N) is 2. The molecular formula is C21H32Cl2N2O. The molecular weight excluding hydrogens is 367 g/mol. The first-order valence-corrected chi connectivity index (χ1v) is 10.6. The summed E-state index contributed by atoms with van der Waals surface area (Å²) in [6.45, 7) is 10.3. The molecule has 1 aliphatic heterocycles. The van der Waals surface area contributed by atoms with Gasteiger partial charge in [-0.05, 0) is 55.8 Å². The second-order valence-electron chi connectivity index (χ2n) is 7.50. The van der Waals surface area contributed by atoms with Crippen LogP contribution in [0.15, 0.2) is 18.2 Å². The average molecular weight is 399 g/mol. The van der Waals surface area contributed by atoms with Gasteiger partial charge in [0.25, 0.3) is 0 Å². The first-order chi connectivity index (χ1) is 12.4. The SMILES string of the molecule is CCCCN(C(C)=O)C1CCN(CCC(C)c2ccc(Cl)c(Cl)c2)CC1. The van der Waals surface area contributed by atoms with E-state index in [-0.39, 0.29) is 5.91 Å². The molecule has 26 heavy (non-hydrogen) atoms. The standard InChI is InChI=1S/C21H32Cl2N2O/c1-4-5-11-25(17(3)26)19-9-13-24(14-10-19)12-8-16(2)18-6-7-20(22)21(23)15-18/h6-7,15-16,19H,4-5,8-14H2,1-3H3. The fraction of sp³-hybridized carbons (Fsp3) is 0.667. The van der Waals surface area contributed by atoms with Crippen molar-refractivity contribution in [2.75, 3.05) is 26.2 Å². The summed E-state index contributed by atoms with van der Waals surface area (Å²) in [5.74, 6) is 0.686. The summed E-state index contributed by atoms with van der Waals surface area (Å²) in [6, 6.07) is 6.36. The van der Waals surface area contributed by atoms with Crippen LogP contribution in [0.5, 0.6) is 0 Å². The summed E-state index contributed by atoms with van der Waals surface area (Å²) < 4.78 is 0. The van der Waals surface area contributed by atoms with Gasteiger partial charge in [-0.15, -0.1) is 0 Å². The molecule has 1 fully saturated rings. The number of carbonyl (C=O) groups is 1. The Kier molecular flexibility index (Phi) is 8.72. The van der Waals surface area contributed by atoms with Crippen molar-refractivity contribution in [3.8, 4) is 0 Å². The van der Waals surface area contributed by atoms with Crippen molar-refractivity contribution in [1.82, 2.24) is 9.80 Å². The predicted molar refractivity (Wildman–Crippen MR) is 111 cm³/mol. The number of hydrogen-bond donors (Lipinski definition) is 0. The number of amides is 1. The number of hydrogen-bond acceptors (Lipinski definition) is 2. The van der Waals surface area contributed by atoms with Gasteiger partial charge in [-0.25, -0.2) is 0 Å². The number of halogens is 2. The van der Waals surface area contributed by atoms with Crippen molar-refractivity contribution >= 4 is 29.1 Å². The topological polar surface area (TPSA) is 23.6 Å². The van der Waals surface area contributed by atoms with E-state index in [0.717, 1.165) is 58.3 Å². The van der Waals surface area contributed by atoms with E-state index in [0.29, 0.717) is 22.0 Å². The Morgan fingerprint density at radius 3 is 2.54 bits per heavy atom. The zero-order chi connectivity index (χ0) is 19.1. The average Bonchev–Trinajstić information content (AvgIpc) is 2.63. The molecule has 3 nitrogen and oxygen atoms in total. The van der Waals surface area contributed by atoms with Crippen molar-refractivity contribution in [1.29, 1.82) is 0 Å². The number of rotatable bonds is 8. The number of benzene rings is 1. The summed E-state index contributed by atoms with van der Waals surface area (Å²) >= 11 is 12.1. The molecule has 1 unspecified atom stereocenters. The van der Waals surface area contributed by atoms with E-state index in [9.17, 15) is 4.79 Å². The minimum atomic E-state index is 0.227. The van der Waals surface area contributed by atoms with Gasteiger partial charge in [-0.2, -0.15) is 0 Å². The maximum absolute atomic E-state index is 11.9. The Labute approximate surface area is 168 Å². The van der Waals surface area contributed by atoms with Crippen LogP contribution in [0, 0.1) is 0 Å². The molecule has 0 radical (unpaired) electrons. The molecule has 1 aliphatic rings.